The maximum Gasteiger partial charge on any atom is 0.316 e. The average Bonchev–Trinajstić information content (AvgIpc) is 2.92. The van der Waals surface area contributed by atoms with Crippen LogP contribution in [0.25, 0.3) is 0 Å². The second kappa shape index (κ2) is 6.54. The zero-order valence-electron chi connectivity index (χ0n) is 11.6. The first-order valence-electron chi connectivity index (χ1n) is 6.52. The molecule has 0 aliphatic rings. The highest BCUT2D eigenvalue weighted by Crippen LogP contribution is 2.23. The molecule has 2 amide bonds. The third kappa shape index (κ3) is 3.82. The van der Waals surface area contributed by atoms with Crippen molar-refractivity contribution in [1.82, 2.24) is 5.32 Å². The Morgan fingerprint density at radius 1 is 1.15 bits per heavy atom. The number of thiophene rings is 1. The molecule has 0 saturated heterocycles. The average molecular weight is 289 g/mol. The van der Waals surface area contributed by atoms with Gasteiger partial charge < -0.3 is 16.4 Å². The van der Waals surface area contributed by atoms with E-state index in [0.29, 0.717) is 11.7 Å². The molecule has 5 heteroatoms. The van der Waals surface area contributed by atoms with Crippen LogP contribution in [-0.2, 0) is 0 Å². The summed E-state index contributed by atoms with van der Waals surface area (Å²) in [6, 6.07) is 11.9. The quantitative estimate of drug-likeness (QED) is 0.786. The van der Waals surface area contributed by atoms with E-state index >= 15 is 0 Å². The number of amides is 2. The number of hydrogen-bond donors (Lipinski definition) is 3. The van der Waals surface area contributed by atoms with E-state index in [9.17, 15) is 4.79 Å². The van der Waals surface area contributed by atoms with Crippen molar-refractivity contribution in [3.8, 4) is 0 Å². The van der Waals surface area contributed by atoms with Crippen molar-refractivity contribution < 1.29 is 4.79 Å². The van der Waals surface area contributed by atoms with Gasteiger partial charge in [-0.15, -0.1) is 11.3 Å². The predicted molar refractivity (Wildman–Crippen MR) is 83.9 cm³/mol. The zero-order valence-corrected chi connectivity index (χ0v) is 12.4. The van der Waals surface area contributed by atoms with Gasteiger partial charge in [0.2, 0.25) is 0 Å². The summed E-state index contributed by atoms with van der Waals surface area (Å²) in [5.74, 6) is 0. The second-order valence-corrected chi connectivity index (χ2v) is 5.72. The first-order valence-corrected chi connectivity index (χ1v) is 7.40. The van der Waals surface area contributed by atoms with Crippen LogP contribution in [0.4, 0.5) is 10.5 Å². The molecule has 2 aromatic rings. The van der Waals surface area contributed by atoms with E-state index in [2.05, 4.69) is 42.0 Å². The van der Waals surface area contributed by atoms with E-state index in [0.717, 1.165) is 0 Å². The summed E-state index contributed by atoms with van der Waals surface area (Å²) in [6.45, 7) is 4.28. The van der Waals surface area contributed by atoms with Gasteiger partial charge in [-0.1, -0.05) is 18.2 Å². The van der Waals surface area contributed by atoms with Gasteiger partial charge in [0.15, 0.2) is 0 Å². The summed E-state index contributed by atoms with van der Waals surface area (Å²) in [5.41, 5.74) is 6.96. The van der Waals surface area contributed by atoms with Crippen molar-refractivity contribution in [2.45, 2.75) is 25.9 Å². The van der Waals surface area contributed by atoms with Gasteiger partial charge in [-0.05, 0) is 43.0 Å². The number of nitrogens with two attached hydrogens (primary N) is 1. The Bertz CT molecular complexity index is 551. The summed E-state index contributed by atoms with van der Waals surface area (Å²) in [4.78, 5) is 12.1. The monoisotopic (exact) mass is 289 g/mol. The minimum Gasteiger partial charge on any atom is -0.351 e. The van der Waals surface area contributed by atoms with Gasteiger partial charge in [0, 0.05) is 22.6 Å². The first-order chi connectivity index (χ1) is 9.56. The van der Waals surface area contributed by atoms with Crippen molar-refractivity contribution in [2.75, 3.05) is 5.32 Å². The van der Waals surface area contributed by atoms with Gasteiger partial charge in [-0.25, -0.2) is 4.79 Å². The van der Waals surface area contributed by atoms with Crippen LogP contribution < -0.4 is 16.4 Å². The molecular weight excluding hydrogens is 270 g/mol. The van der Waals surface area contributed by atoms with E-state index < -0.39 is 6.03 Å². The number of carbonyl (C=O) groups is 1. The number of nitrogens with one attached hydrogen (secondary N) is 2. The topological polar surface area (TPSA) is 67.2 Å². The van der Waals surface area contributed by atoms with Crippen molar-refractivity contribution >= 4 is 23.1 Å². The molecule has 0 radical (unpaired) electrons. The van der Waals surface area contributed by atoms with Gasteiger partial charge in [0.1, 0.15) is 0 Å². The number of rotatable bonds is 5. The zero-order chi connectivity index (χ0) is 14.5. The Morgan fingerprint density at radius 3 is 2.40 bits per heavy atom. The number of urea groups is 1. The Labute approximate surface area is 123 Å². The van der Waals surface area contributed by atoms with Crippen LogP contribution in [0.3, 0.4) is 0 Å². The van der Waals surface area contributed by atoms with E-state index in [1.165, 1.54) is 10.4 Å². The fraction of sp³-hybridized carbons (Fsp3) is 0.267. The summed E-state index contributed by atoms with van der Waals surface area (Å²) in [6.07, 6.45) is 0. The molecule has 4 nitrogen and oxygen atoms in total. The van der Waals surface area contributed by atoms with Gasteiger partial charge in [0.25, 0.3) is 0 Å². The van der Waals surface area contributed by atoms with Crippen molar-refractivity contribution in [3.05, 3.63) is 52.2 Å². The third-order valence-corrected chi connectivity index (χ3v) is 4.20. The van der Waals surface area contributed by atoms with Crippen molar-refractivity contribution in [1.29, 1.82) is 0 Å². The van der Waals surface area contributed by atoms with Gasteiger partial charge in [-0.2, -0.15) is 0 Å². The highest BCUT2D eigenvalue weighted by molar-refractivity contribution is 7.10. The summed E-state index contributed by atoms with van der Waals surface area (Å²) >= 11 is 1.75. The number of carbonyl (C=O) groups excluding carboxylic acids is 1. The molecule has 106 valence electrons. The van der Waals surface area contributed by atoms with E-state index in [1.807, 2.05) is 24.3 Å². The van der Waals surface area contributed by atoms with Crippen LogP contribution in [0.5, 0.6) is 0 Å². The Kier molecular flexibility index (Phi) is 4.76. The van der Waals surface area contributed by atoms with Crippen LogP contribution >= 0.6 is 11.3 Å². The smallest absolute Gasteiger partial charge is 0.316 e. The third-order valence-electron chi connectivity index (χ3n) is 3.15. The molecule has 4 N–H and O–H groups in total. The minimum atomic E-state index is -0.546. The molecule has 0 spiro atoms. The maximum atomic E-state index is 10.8. The largest absolute Gasteiger partial charge is 0.351 e. The number of benzene rings is 1. The minimum absolute atomic E-state index is 0.231. The van der Waals surface area contributed by atoms with Crippen LogP contribution in [0.15, 0.2) is 41.8 Å². The summed E-state index contributed by atoms with van der Waals surface area (Å²) in [7, 11) is 0. The molecule has 1 aromatic carbocycles. The van der Waals surface area contributed by atoms with Crippen LogP contribution in [0, 0.1) is 0 Å². The Hall–Kier alpha value is -1.85. The van der Waals surface area contributed by atoms with Gasteiger partial charge in [-0.3, -0.25) is 0 Å². The van der Waals surface area contributed by atoms with E-state index in [4.69, 9.17) is 5.73 Å². The molecule has 1 heterocycles. The fourth-order valence-electron chi connectivity index (χ4n) is 2.09. The Balaban J connectivity index is 1.98. The molecule has 20 heavy (non-hydrogen) atoms. The lowest BCUT2D eigenvalue weighted by atomic mass is 10.1. The normalized spacial score (nSPS) is 13.7. The molecule has 2 rings (SSSR count). The fourth-order valence-corrected chi connectivity index (χ4v) is 2.83. The van der Waals surface area contributed by atoms with Crippen molar-refractivity contribution in [3.63, 3.8) is 0 Å². The van der Waals surface area contributed by atoms with Gasteiger partial charge >= 0.3 is 6.03 Å². The highest BCUT2D eigenvalue weighted by Gasteiger charge is 2.11. The highest BCUT2D eigenvalue weighted by atomic mass is 32.1. The van der Waals surface area contributed by atoms with Crippen LogP contribution in [0.1, 0.15) is 36.4 Å². The molecule has 0 saturated carbocycles. The number of hydrogen-bond acceptors (Lipinski definition) is 3. The second-order valence-electron chi connectivity index (χ2n) is 4.74. The molecule has 1 aromatic heterocycles. The molecule has 2 atom stereocenters. The molecule has 0 aliphatic carbocycles. The van der Waals surface area contributed by atoms with Gasteiger partial charge in [0.05, 0.1) is 0 Å². The van der Waals surface area contributed by atoms with Crippen molar-refractivity contribution in [2.24, 2.45) is 5.73 Å². The first kappa shape index (κ1) is 14.6. The molecular formula is C15H19N3OS. The summed E-state index contributed by atoms with van der Waals surface area (Å²) < 4.78 is 0. The predicted octanol–water partition coefficient (Wildman–Crippen LogP) is 3.65. The van der Waals surface area contributed by atoms with E-state index in [1.54, 1.807) is 11.3 Å². The van der Waals surface area contributed by atoms with Crippen LogP contribution in [0.2, 0.25) is 0 Å². The van der Waals surface area contributed by atoms with Crippen LogP contribution in [-0.4, -0.2) is 6.03 Å². The standard InChI is InChI=1S/C15H19N3OS/c1-10(17-11(2)14-4-3-9-20-14)12-5-7-13(8-6-12)18-15(16)19/h3-11,17H,1-2H3,(H3,16,18,19)/t10?,11-/m1/s1. The molecule has 0 bridgehead atoms. The van der Waals surface area contributed by atoms with E-state index in [-0.39, 0.29) is 6.04 Å². The molecule has 0 fully saturated rings. The molecule has 1 unspecified atom stereocenters. The lowest BCUT2D eigenvalue weighted by molar-refractivity contribution is 0.259. The SMILES string of the molecule is CC(N[C@H](C)c1cccs1)c1ccc(NC(N)=O)cc1. The summed E-state index contributed by atoms with van der Waals surface area (Å²) in [5, 5.41) is 8.20. The molecule has 0 aliphatic heterocycles. The lowest BCUT2D eigenvalue weighted by Crippen LogP contribution is -2.22. The maximum absolute atomic E-state index is 10.8. The Morgan fingerprint density at radius 2 is 1.85 bits per heavy atom. The number of anilines is 1. The number of primary amides is 1. The lowest BCUT2D eigenvalue weighted by Gasteiger charge is -2.19.